The molecule has 0 spiro atoms. The van der Waals surface area contributed by atoms with Gasteiger partial charge in [0.1, 0.15) is 0 Å². The molecule has 0 saturated carbocycles. The highest BCUT2D eigenvalue weighted by Crippen LogP contribution is 2.59. The van der Waals surface area contributed by atoms with Crippen LogP contribution < -0.4 is 0 Å². The largest absolute Gasteiger partial charge is 0.382 e. The van der Waals surface area contributed by atoms with Crippen molar-refractivity contribution in [3.05, 3.63) is 69.8 Å². The molecule has 2 aromatic rings. The van der Waals surface area contributed by atoms with Gasteiger partial charge in [0.25, 0.3) is 0 Å². The molecule has 0 aliphatic rings. The Balaban J connectivity index is 2.63. The zero-order valence-corrected chi connectivity index (χ0v) is 15.5. The Morgan fingerprint density at radius 2 is 0.643 bits per heavy atom. The Hall–Kier alpha value is -2.12. The van der Waals surface area contributed by atoms with Crippen LogP contribution >= 0.6 is 0 Å². The maximum atomic E-state index is 14.4. The summed E-state index contributed by atoms with van der Waals surface area (Å²) < 4.78 is 115. The van der Waals surface area contributed by atoms with E-state index in [4.69, 9.17) is 0 Å². The van der Waals surface area contributed by atoms with E-state index in [1.165, 1.54) is 39.8 Å². The van der Waals surface area contributed by atoms with E-state index >= 15 is 0 Å². The second-order valence-electron chi connectivity index (χ2n) is 7.05. The van der Waals surface area contributed by atoms with Gasteiger partial charge in [-0.3, -0.25) is 0 Å². The van der Waals surface area contributed by atoms with E-state index in [0.29, 0.717) is 24.3 Å². The van der Waals surface area contributed by atoms with Crippen LogP contribution in [-0.4, -0.2) is 11.8 Å². The van der Waals surface area contributed by atoms with Gasteiger partial charge in [0.15, 0.2) is 0 Å². The molecular formula is C20H18F8. The van der Waals surface area contributed by atoms with Crippen LogP contribution in [0.15, 0.2) is 36.4 Å². The molecule has 8 heteroatoms. The number of benzene rings is 2. The van der Waals surface area contributed by atoms with E-state index in [9.17, 15) is 35.1 Å². The highest BCUT2D eigenvalue weighted by molar-refractivity contribution is 5.36. The van der Waals surface area contributed by atoms with Gasteiger partial charge in [-0.2, -0.15) is 35.1 Å². The third-order valence-electron chi connectivity index (χ3n) is 4.35. The van der Waals surface area contributed by atoms with Crippen molar-refractivity contribution in [3.63, 3.8) is 0 Å². The molecule has 0 saturated heterocycles. The van der Waals surface area contributed by atoms with Crippen molar-refractivity contribution in [2.24, 2.45) is 0 Å². The van der Waals surface area contributed by atoms with Crippen LogP contribution in [0.4, 0.5) is 35.1 Å². The summed E-state index contributed by atoms with van der Waals surface area (Å²) in [6.07, 6.45) is 0. The number of alkyl halides is 8. The van der Waals surface area contributed by atoms with E-state index in [0.717, 1.165) is 0 Å². The molecule has 0 amide bonds. The molecule has 0 nitrogen and oxygen atoms in total. The molecule has 2 rings (SSSR count). The smallest absolute Gasteiger partial charge is 0.194 e. The summed E-state index contributed by atoms with van der Waals surface area (Å²) in [6, 6.07) is 5.02. The number of halogens is 8. The number of hydrogen-bond donors (Lipinski definition) is 0. The first-order chi connectivity index (χ1) is 12.5. The molecule has 0 unspecified atom stereocenters. The minimum atomic E-state index is -6.36. The Kier molecular flexibility index (Phi) is 5.34. The predicted octanol–water partition coefficient (Wildman–Crippen LogP) is 7.07. The van der Waals surface area contributed by atoms with Crippen molar-refractivity contribution in [2.45, 2.75) is 51.4 Å². The average Bonchev–Trinajstić information content (AvgIpc) is 2.52. The second kappa shape index (κ2) is 6.74. The summed E-state index contributed by atoms with van der Waals surface area (Å²) >= 11 is 0. The fourth-order valence-electron chi connectivity index (χ4n) is 3.07. The van der Waals surface area contributed by atoms with Crippen LogP contribution in [0, 0.1) is 27.7 Å². The van der Waals surface area contributed by atoms with Gasteiger partial charge in [0, 0.05) is 11.1 Å². The van der Waals surface area contributed by atoms with Crippen LogP contribution in [0.2, 0.25) is 0 Å². The van der Waals surface area contributed by atoms with Gasteiger partial charge in [0.2, 0.25) is 0 Å². The van der Waals surface area contributed by atoms with E-state index in [1.54, 1.807) is 0 Å². The average molecular weight is 410 g/mol. The van der Waals surface area contributed by atoms with Crippen LogP contribution in [0.3, 0.4) is 0 Å². The third-order valence-corrected chi connectivity index (χ3v) is 4.35. The molecule has 0 atom stereocenters. The van der Waals surface area contributed by atoms with E-state index in [1.807, 2.05) is 0 Å². The lowest BCUT2D eigenvalue weighted by Crippen LogP contribution is -2.59. The SMILES string of the molecule is Cc1cc(C)cc(C(F)(F)C(F)(F)C(F)(F)C(F)(F)c2cc(C)cc(C)c2)c1. The monoisotopic (exact) mass is 410 g/mol. The van der Waals surface area contributed by atoms with Crippen molar-refractivity contribution >= 4 is 0 Å². The number of aryl methyl sites for hydroxylation is 4. The van der Waals surface area contributed by atoms with Gasteiger partial charge < -0.3 is 0 Å². The van der Waals surface area contributed by atoms with Crippen LogP contribution in [0.1, 0.15) is 33.4 Å². The summed E-state index contributed by atoms with van der Waals surface area (Å²) in [5, 5.41) is 0. The molecule has 2 aromatic carbocycles. The van der Waals surface area contributed by atoms with E-state index in [2.05, 4.69) is 0 Å². The molecule has 0 aromatic heterocycles. The Bertz CT molecular complexity index is 770. The topological polar surface area (TPSA) is 0 Å². The molecule has 0 radical (unpaired) electrons. The maximum absolute atomic E-state index is 14.4. The molecule has 154 valence electrons. The van der Waals surface area contributed by atoms with E-state index < -0.39 is 34.8 Å². The molecule has 0 aliphatic carbocycles. The van der Waals surface area contributed by atoms with Crippen molar-refractivity contribution in [1.82, 2.24) is 0 Å². The first-order valence-corrected chi connectivity index (χ1v) is 8.23. The normalized spacial score (nSPS) is 13.7. The second-order valence-corrected chi connectivity index (χ2v) is 7.05. The summed E-state index contributed by atoms with van der Waals surface area (Å²) in [6.45, 7) is 5.19. The van der Waals surface area contributed by atoms with Crippen LogP contribution in [0.25, 0.3) is 0 Å². The summed E-state index contributed by atoms with van der Waals surface area (Å²) in [7, 11) is 0. The van der Waals surface area contributed by atoms with Crippen molar-refractivity contribution < 1.29 is 35.1 Å². The Morgan fingerprint density at radius 1 is 0.429 bits per heavy atom. The Morgan fingerprint density at radius 3 is 0.857 bits per heavy atom. The lowest BCUT2D eigenvalue weighted by atomic mass is 9.88. The summed E-state index contributed by atoms with van der Waals surface area (Å²) in [5.74, 6) is -23.8. The third kappa shape index (κ3) is 3.37. The highest BCUT2D eigenvalue weighted by Gasteiger charge is 2.81. The number of rotatable bonds is 5. The van der Waals surface area contributed by atoms with E-state index in [-0.39, 0.29) is 22.3 Å². The van der Waals surface area contributed by atoms with Crippen molar-refractivity contribution in [3.8, 4) is 0 Å². The first-order valence-electron chi connectivity index (χ1n) is 8.23. The molecule has 0 heterocycles. The zero-order chi connectivity index (χ0) is 21.7. The fourth-order valence-corrected chi connectivity index (χ4v) is 3.07. The summed E-state index contributed by atoms with van der Waals surface area (Å²) in [5.41, 5.74) is -2.48. The molecule has 0 fully saturated rings. The molecular weight excluding hydrogens is 392 g/mol. The summed E-state index contributed by atoms with van der Waals surface area (Å²) in [4.78, 5) is 0. The lowest BCUT2D eigenvalue weighted by molar-refractivity contribution is -0.374. The maximum Gasteiger partial charge on any atom is 0.382 e. The van der Waals surface area contributed by atoms with Crippen LogP contribution in [-0.2, 0) is 11.8 Å². The Labute approximate surface area is 157 Å². The highest BCUT2D eigenvalue weighted by atomic mass is 19.4. The van der Waals surface area contributed by atoms with Crippen molar-refractivity contribution in [1.29, 1.82) is 0 Å². The van der Waals surface area contributed by atoms with Gasteiger partial charge in [-0.25, -0.2) is 0 Å². The fraction of sp³-hybridized carbons (Fsp3) is 0.400. The minimum absolute atomic E-state index is 0.106. The van der Waals surface area contributed by atoms with Crippen molar-refractivity contribution in [2.75, 3.05) is 0 Å². The van der Waals surface area contributed by atoms with Gasteiger partial charge in [-0.1, -0.05) is 34.4 Å². The molecule has 0 bridgehead atoms. The molecule has 0 aliphatic heterocycles. The van der Waals surface area contributed by atoms with Gasteiger partial charge in [0.05, 0.1) is 0 Å². The van der Waals surface area contributed by atoms with Gasteiger partial charge in [-0.15, -0.1) is 0 Å². The minimum Gasteiger partial charge on any atom is -0.194 e. The molecule has 0 N–H and O–H groups in total. The predicted molar refractivity (Wildman–Crippen MR) is 89.5 cm³/mol. The first kappa shape index (κ1) is 22.2. The lowest BCUT2D eigenvalue weighted by Gasteiger charge is -2.37. The quantitative estimate of drug-likeness (QED) is 0.462. The zero-order valence-electron chi connectivity index (χ0n) is 15.5. The standard InChI is InChI=1S/C20H18F8/c1-11-5-12(2)8-15(7-11)17(21,22)19(25,26)20(27,28)18(23,24)16-9-13(3)6-14(4)10-16/h5-10H,1-4H3. The van der Waals surface area contributed by atoms with Crippen LogP contribution in [0.5, 0.6) is 0 Å². The molecule has 28 heavy (non-hydrogen) atoms. The van der Waals surface area contributed by atoms with Gasteiger partial charge >= 0.3 is 23.7 Å². The van der Waals surface area contributed by atoms with Gasteiger partial charge in [-0.05, 0) is 52.0 Å². The number of hydrogen-bond acceptors (Lipinski definition) is 0.